The molecule has 0 saturated heterocycles. The van der Waals surface area contributed by atoms with Crippen LogP contribution in [-0.2, 0) is 19.6 Å². The first-order valence-corrected chi connectivity index (χ1v) is 10.6. The molecular formula is C23H24ClN4NaO3. The van der Waals surface area contributed by atoms with Crippen molar-refractivity contribution in [1.29, 1.82) is 0 Å². The van der Waals surface area contributed by atoms with E-state index in [1.54, 1.807) is 0 Å². The minimum atomic E-state index is -0.585. The van der Waals surface area contributed by atoms with Crippen LogP contribution in [0.5, 0.6) is 0 Å². The number of aromatic nitrogens is 4. The summed E-state index contributed by atoms with van der Waals surface area (Å²) < 4.78 is 6.66. The molecule has 7 nitrogen and oxygen atoms in total. The van der Waals surface area contributed by atoms with Gasteiger partial charge in [0.05, 0.1) is 12.3 Å². The summed E-state index contributed by atoms with van der Waals surface area (Å²) in [5.74, 6) is 0.698. The number of aromatic amines is 1. The van der Waals surface area contributed by atoms with Gasteiger partial charge in [0.25, 0.3) is 0 Å². The van der Waals surface area contributed by atoms with Crippen LogP contribution in [0.3, 0.4) is 0 Å². The van der Waals surface area contributed by atoms with Crippen molar-refractivity contribution in [2.75, 3.05) is 0 Å². The van der Waals surface area contributed by atoms with Gasteiger partial charge in [-0.25, -0.2) is 9.78 Å². The quantitative estimate of drug-likeness (QED) is 0.387. The Bertz CT molecular complexity index is 1240. The molecule has 0 bridgehead atoms. The zero-order valence-electron chi connectivity index (χ0n) is 19.1. The molecule has 0 atom stereocenters. The molecule has 32 heavy (non-hydrogen) atoms. The van der Waals surface area contributed by atoms with Crippen molar-refractivity contribution in [3.05, 3.63) is 81.3 Å². The average Bonchev–Trinajstić information content (AvgIpc) is 3.35. The number of rotatable bonds is 8. The van der Waals surface area contributed by atoms with Crippen LogP contribution in [0.25, 0.3) is 22.5 Å². The molecule has 4 aromatic rings. The molecule has 2 heterocycles. The molecule has 0 unspecified atom stereocenters. The van der Waals surface area contributed by atoms with Crippen LogP contribution >= 0.6 is 11.6 Å². The zero-order chi connectivity index (χ0) is 21.8. The van der Waals surface area contributed by atoms with Crippen LogP contribution in [-0.4, -0.2) is 24.8 Å². The summed E-state index contributed by atoms with van der Waals surface area (Å²) in [6.07, 6.45) is 2.89. The summed E-state index contributed by atoms with van der Waals surface area (Å²) in [5, 5.41) is 13.9. The number of nitrogens with one attached hydrogen (secondary N) is 1. The van der Waals surface area contributed by atoms with Gasteiger partial charge in [-0.1, -0.05) is 78.6 Å². The number of H-pyrrole nitrogens is 1. The first-order chi connectivity index (χ1) is 15.1. The molecule has 0 spiro atoms. The Morgan fingerprint density at radius 3 is 2.50 bits per heavy atom. The summed E-state index contributed by atoms with van der Waals surface area (Å²) in [4.78, 5) is 18.4. The number of hydrogen-bond donors (Lipinski definition) is 2. The predicted octanol–water partition coefficient (Wildman–Crippen LogP) is 1.55. The number of aliphatic hydroxyl groups excluding tert-OH is 1. The van der Waals surface area contributed by atoms with Crippen molar-refractivity contribution in [3.63, 3.8) is 0 Å². The minimum absolute atomic E-state index is 0. The Morgan fingerprint density at radius 1 is 1.16 bits per heavy atom. The van der Waals surface area contributed by atoms with E-state index in [-0.39, 0.29) is 37.6 Å². The molecule has 4 rings (SSSR count). The molecule has 9 heteroatoms. The number of aryl methyl sites for hydroxylation is 1. The second-order valence-corrected chi connectivity index (χ2v) is 7.66. The topological polar surface area (TPSA) is 96.9 Å². The fraction of sp³-hybridized carbons (Fsp3) is 0.261. The molecule has 0 radical (unpaired) electrons. The fourth-order valence-corrected chi connectivity index (χ4v) is 3.89. The summed E-state index contributed by atoms with van der Waals surface area (Å²) >= 11 is 6.25. The van der Waals surface area contributed by atoms with Crippen LogP contribution in [0.4, 0.5) is 0 Å². The standard InChI is InChI=1S/C23H23ClN4O3.Na.H/c1-2-3-8-20-25-21(24)19(14-29)28(20)13-15-9-11-16(12-10-15)17-6-4-5-7-18(17)22-26-23(30)31-27-22;;/h4-7,9-12,29H,2-3,8,13-14H2,1H3,(H,26,27,30);;/q;+1;-1. The van der Waals surface area contributed by atoms with Crippen LogP contribution in [0.2, 0.25) is 5.15 Å². The minimum Gasteiger partial charge on any atom is -1.00 e. The first kappa shape index (κ1) is 24.5. The third kappa shape index (κ3) is 5.24. The number of benzene rings is 2. The van der Waals surface area contributed by atoms with Gasteiger partial charge in [-0.05, 0) is 23.1 Å². The smallest absolute Gasteiger partial charge is 1.00 e. The molecular weight excluding hydrogens is 439 g/mol. The maximum absolute atomic E-state index is 11.4. The summed E-state index contributed by atoms with van der Waals surface area (Å²) in [6.45, 7) is 2.56. The predicted molar refractivity (Wildman–Crippen MR) is 120 cm³/mol. The molecule has 2 aromatic carbocycles. The summed E-state index contributed by atoms with van der Waals surface area (Å²) in [7, 11) is 0. The first-order valence-electron chi connectivity index (χ1n) is 10.2. The number of nitrogens with zero attached hydrogens (tertiary/aromatic N) is 3. The van der Waals surface area contributed by atoms with E-state index in [4.69, 9.17) is 11.6 Å². The molecule has 0 saturated carbocycles. The molecule has 2 aromatic heterocycles. The monoisotopic (exact) mass is 462 g/mol. The van der Waals surface area contributed by atoms with Gasteiger partial charge in [-0.3, -0.25) is 9.51 Å². The average molecular weight is 463 g/mol. The Balaban J connectivity index is 0.00000193. The Morgan fingerprint density at radius 2 is 1.88 bits per heavy atom. The van der Waals surface area contributed by atoms with Crippen LogP contribution in [0.15, 0.2) is 57.8 Å². The second-order valence-electron chi connectivity index (χ2n) is 7.30. The van der Waals surface area contributed by atoms with E-state index in [2.05, 4.69) is 26.6 Å². The van der Waals surface area contributed by atoms with Gasteiger partial charge in [0.1, 0.15) is 5.82 Å². The van der Waals surface area contributed by atoms with E-state index >= 15 is 0 Å². The molecule has 0 amide bonds. The Labute approximate surface area is 214 Å². The summed E-state index contributed by atoms with van der Waals surface area (Å²) in [5.41, 5.74) is 4.41. The third-order valence-electron chi connectivity index (χ3n) is 5.23. The van der Waals surface area contributed by atoms with Crippen LogP contribution < -0.4 is 35.3 Å². The van der Waals surface area contributed by atoms with Crippen molar-refractivity contribution in [2.45, 2.75) is 39.3 Å². The van der Waals surface area contributed by atoms with Gasteiger partial charge in [0.15, 0.2) is 11.0 Å². The Kier molecular flexibility index (Phi) is 8.51. The number of aliphatic hydroxyl groups is 1. The number of imidazole rings is 1. The summed E-state index contributed by atoms with van der Waals surface area (Å²) in [6, 6.07) is 15.8. The number of unbranched alkanes of at least 4 members (excludes halogenated alkanes) is 1. The van der Waals surface area contributed by atoms with Crippen molar-refractivity contribution >= 4 is 11.6 Å². The SMILES string of the molecule is CCCCc1nc(Cl)c(CO)n1Cc1ccc(-c2ccccc2-c2noc(=O)[nH]2)cc1.[H-].[Na+]. The van der Waals surface area contributed by atoms with E-state index in [1.807, 2.05) is 53.1 Å². The largest absolute Gasteiger partial charge is 1.00 e. The van der Waals surface area contributed by atoms with Crippen LogP contribution in [0, 0.1) is 0 Å². The molecule has 0 fully saturated rings. The number of halogens is 1. The van der Waals surface area contributed by atoms with Crippen molar-refractivity contribution < 1.29 is 40.6 Å². The van der Waals surface area contributed by atoms with Crippen LogP contribution in [0.1, 0.15) is 38.3 Å². The molecule has 0 aliphatic carbocycles. The van der Waals surface area contributed by atoms with Gasteiger partial charge >= 0.3 is 35.3 Å². The molecule has 162 valence electrons. The third-order valence-corrected chi connectivity index (χ3v) is 5.54. The van der Waals surface area contributed by atoms with Crippen molar-refractivity contribution in [3.8, 4) is 22.5 Å². The normalized spacial score (nSPS) is 10.8. The fourth-order valence-electron chi connectivity index (χ4n) is 3.63. The molecule has 0 aliphatic heterocycles. The second kappa shape index (κ2) is 11.1. The molecule has 2 N–H and O–H groups in total. The van der Waals surface area contributed by atoms with Crippen molar-refractivity contribution in [1.82, 2.24) is 19.7 Å². The maximum atomic E-state index is 11.4. The van der Waals surface area contributed by atoms with Gasteiger partial charge in [-0.2, -0.15) is 0 Å². The van der Waals surface area contributed by atoms with Gasteiger partial charge < -0.3 is 11.1 Å². The zero-order valence-corrected chi connectivity index (χ0v) is 20.9. The Hall–Kier alpha value is -2.16. The maximum Gasteiger partial charge on any atom is 1.00 e. The number of hydrogen-bond acceptors (Lipinski definition) is 5. The van der Waals surface area contributed by atoms with Gasteiger partial charge in [0, 0.05) is 18.5 Å². The van der Waals surface area contributed by atoms with Gasteiger partial charge in [-0.15, -0.1) is 0 Å². The molecule has 0 aliphatic rings. The van der Waals surface area contributed by atoms with E-state index in [0.29, 0.717) is 23.2 Å². The van der Waals surface area contributed by atoms with E-state index in [9.17, 15) is 9.90 Å². The van der Waals surface area contributed by atoms with Gasteiger partial charge in [0.2, 0.25) is 0 Å². The van der Waals surface area contributed by atoms with Crippen molar-refractivity contribution in [2.24, 2.45) is 0 Å². The van der Waals surface area contributed by atoms with E-state index < -0.39 is 5.76 Å². The van der Waals surface area contributed by atoms with E-state index in [0.717, 1.165) is 47.3 Å². The van der Waals surface area contributed by atoms with E-state index in [1.165, 1.54) is 0 Å².